The molecule has 16 heavy (non-hydrogen) atoms. The van der Waals surface area contributed by atoms with Crippen molar-refractivity contribution in [3.8, 4) is 0 Å². The van der Waals surface area contributed by atoms with E-state index in [4.69, 9.17) is 0 Å². The van der Waals surface area contributed by atoms with E-state index >= 15 is 0 Å². The number of aldehydes is 1. The summed E-state index contributed by atoms with van der Waals surface area (Å²) in [5.74, 6) is 0.898. The summed E-state index contributed by atoms with van der Waals surface area (Å²) in [6.07, 6.45) is 1.52. The number of halogens is 1. The summed E-state index contributed by atoms with van der Waals surface area (Å²) in [6.45, 7) is 8.67. The van der Waals surface area contributed by atoms with Crippen LogP contribution in [0, 0.1) is 0 Å². The van der Waals surface area contributed by atoms with E-state index in [9.17, 15) is 4.79 Å². The predicted octanol–water partition coefficient (Wildman–Crippen LogP) is 4.44. The van der Waals surface area contributed by atoms with Gasteiger partial charge in [-0.3, -0.25) is 0 Å². The van der Waals surface area contributed by atoms with E-state index in [1.807, 2.05) is 0 Å². The third kappa shape index (κ3) is 2.94. The molecule has 0 unspecified atom stereocenters. The molecule has 1 aromatic carbocycles. The van der Waals surface area contributed by atoms with Gasteiger partial charge < -0.3 is 4.79 Å². The molecule has 2 heteroatoms. The van der Waals surface area contributed by atoms with Crippen molar-refractivity contribution >= 4 is 22.2 Å². The van der Waals surface area contributed by atoms with E-state index in [0.717, 1.165) is 10.8 Å². The van der Waals surface area contributed by atoms with Gasteiger partial charge in [-0.25, -0.2) is 0 Å². The zero-order valence-electron chi connectivity index (χ0n) is 10.4. The molecule has 0 fully saturated rings. The Labute approximate surface area is 106 Å². The molecule has 0 saturated carbocycles. The fourth-order valence-corrected chi connectivity index (χ4v) is 2.52. The fourth-order valence-electron chi connectivity index (χ4n) is 2.03. The Hall–Kier alpha value is -0.630. The second-order valence-corrected chi connectivity index (χ2v) is 5.66. The number of rotatable bonds is 4. The molecule has 0 radical (unpaired) electrons. The molecule has 0 bridgehead atoms. The maximum Gasteiger partial charge on any atom is 0.124 e. The number of hydrogen-bond donors (Lipinski definition) is 0. The Balaban J connectivity index is 3.40. The molecule has 0 spiro atoms. The Kier molecular flexibility index (Phi) is 4.72. The first-order chi connectivity index (χ1) is 7.47. The van der Waals surface area contributed by atoms with Crippen LogP contribution >= 0.6 is 15.9 Å². The van der Waals surface area contributed by atoms with Crippen molar-refractivity contribution in [1.82, 2.24) is 0 Å². The summed E-state index contributed by atoms with van der Waals surface area (Å²) < 4.78 is 1.11. The number of hydrogen-bond acceptors (Lipinski definition) is 1. The van der Waals surface area contributed by atoms with Crippen molar-refractivity contribution in [1.29, 1.82) is 0 Å². The Morgan fingerprint density at radius 1 is 1.12 bits per heavy atom. The minimum absolute atomic E-state index is 0.449. The largest absolute Gasteiger partial charge is 0.303 e. The average molecular weight is 283 g/mol. The average Bonchev–Trinajstić information content (AvgIpc) is 2.19. The van der Waals surface area contributed by atoms with Gasteiger partial charge >= 0.3 is 0 Å². The van der Waals surface area contributed by atoms with Crippen molar-refractivity contribution in [3.63, 3.8) is 0 Å². The van der Waals surface area contributed by atoms with E-state index < -0.39 is 0 Å². The van der Waals surface area contributed by atoms with Crippen molar-refractivity contribution < 1.29 is 4.79 Å². The molecule has 0 heterocycles. The second-order valence-electron chi connectivity index (χ2n) is 4.74. The Morgan fingerprint density at radius 2 is 1.56 bits per heavy atom. The van der Waals surface area contributed by atoms with Crippen LogP contribution in [0.15, 0.2) is 16.6 Å². The van der Waals surface area contributed by atoms with Gasteiger partial charge in [-0.1, -0.05) is 43.6 Å². The van der Waals surface area contributed by atoms with Crippen LogP contribution in [0.4, 0.5) is 0 Å². The van der Waals surface area contributed by atoms with Crippen LogP contribution in [0.5, 0.6) is 0 Å². The van der Waals surface area contributed by atoms with Crippen LogP contribution in [0.25, 0.3) is 0 Å². The smallest absolute Gasteiger partial charge is 0.124 e. The second kappa shape index (κ2) is 5.62. The lowest BCUT2D eigenvalue weighted by Gasteiger charge is -2.19. The van der Waals surface area contributed by atoms with Gasteiger partial charge in [-0.2, -0.15) is 0 Å². The topological polar surface area (TPSA) is 17.1 Å². The molecule has 0 aromatic heterocycles. The molecule has 0 N–H and O–H groups in total. The van der Waals surface area contributed by atoms with Gasteiger partial charge in [-0.15, -0.1) is 0 Å². The summed E-state index contributed by atoms with van der Waals surface area (Å²) in [5, 5.41) is 0. The van der Waals surface area contributed by atoms with E-state index in [2.05, 4.69) is 55.8 Å². The zero-order chi connectivity index (χ0) is 12.3. The van der Waals surface area contributed by atoms with Crippen LogP contribution in [0.1, 0.15) is 56.2 Å². The lowest BCUT2D eigenvalue weighted by Crippen LogP contribution is -2.04. The van der Waals surface area contributed by atoms with Crippen molar-refractivity contribution in [2.75, 3.05) is 0 Å². The van der Waals surface area contributed by atoms with Gasteiger partial charge in [0, 0.05) is 10.9 Å². The summed E-state index contributed by atoms with van der Waals surface area (Å²) >= 11 is 3.55. The fraction of sp³-hybridized carbons (Fsp3) is 0.500. The SMILES string of the molecule is CC(C)c1cc(Br)cc(C(C)C)c1CC=O. The van der Waals surface area contributed by atoms with Crippen molar-refractivity contribution in [3.05, 3.63) is 33.3 Å². The van der Waals surface area contributed by atoms with Crippen LogP contribution in [-0.2, 0) is 11.2 Å². The number of benzene rings is 1. The molecule has 0 amide bonds. The van der Waals surface area contributed by atoms with E-state index in [1.54, 1.807) is 0 Å². The highest BCUT2D eigenvalue weighted by molar-refractivity contribution is 9.10. The summed E-state index contributed by atoms with van der Waals surface area (Å²) in [6, 6.07) is 4.27. The van der Waals surface area contributed by atoms with Gasteiger partial charge in [0.25, 0.3) is 0 Å². The molecule has 0 atom stereocenters. The predicted molar refractivity (Wildman–Crippen MR) is 72.1 cm³/mol. The van der Waals surface area contributed by atoms with Gasteiger partial charge in [0.05, 0.1) is 0 Å². The Morgan fingerprint density at radius 3 is 1.88 bits per heavy atom. The first-order valence-corrected chi connectivity index (χ1v) is 6.52. The number of carbonyl (C=O) groups is 1. The lowest BCUT2D eigenvalue weighted by molar-refractivity contribution is -0.107. The van der Waals surface area contributed by atoms with Gasteiger partial charge in [0.2, 0.25) is 0 Å². The van der Waals surface area contributed by atoms with Crippen LogP contribution < -0.4 is 0 Å². The van der Waals surface area contributed by atoms with Crippen LogP contribution in [0.2, 0.25) is 0 Å². The van der Waals surface area contributed by atoms with Gasteiger partial charge in [-0.05, 0) is 40.7 Å². The van der Waals surface area contributed by atoms with Crippen LogP contribution in [0.3, 0.4) is 0 Å². The highest BCUT2D eigenvalue weighted by Crippen LogP contribution is 2.31. The molecular weight excluding hydrogens is 264 g/mol. The molecule has 88 valence electrons. The van der Waals surface area contributed by atoms with E-state index in [-0.39, 0.29) is 0 Å². The molecule has 0 aliphatic carbocycles. The minimum atomic E-state index is 0.449. The maximum absolute atomic E-state index is 10.8. The first-order valence-electron chi connectivity index (χ1n) is 5.73. The van der Waals surface area contributed by atoms with Gasteiger partial charge in [0.15, 0.2) is 0 Å². The monoisotopic (exact) mass is 282 g/mol. The van der Waals surface area contributed by atoms with Crippen molar-refractivity contribution in [2.45, 2.75) is 46.0 Å². The minimum Gasteiger partial charge on any atom is -0.303 e. The molecule has 0 aliphatic rings. The normalized spacial score (nSPS) is 11.2. The maximum atomic E-state index is 10.8. The van der Waals surface area contributed by atoms with E-state index in [1.165, 1.54) is 16.7 Å². The zero-order valence-corrected chi connectivity index (χ0v) is 12.0. The van der Waals surface area contributed by atoms with Gasteiger partial charge in [0.1, 0.15) is 6.29 Å². The molecule has 0 saturated heterocycles. The van der Waals surface area contributed by atoms with Crippen molar-refractivity contribution in [2.24, 2.45) is 0 Å². The third-order valence-corrected chi connectivity index (χ3v) is 3.27. The molecule has 1 nitrogen and oxygen atoms in total. The third-order valence-electron chi connectivity index (χ3n) is 2.82. The lowest BCUT2D eigenvalue weighted by atomic mass is 9.87. The molecule has 0 aliphatic heterocycles. The summed E-state index contributed by atoms with van der Waals surface area (Å²) in [7, 11) is 0. The Bertz CT molecular complexity index is 351. The van der Waals surface area contributed by atoms with E-state index in [0.29, 0.717) is 18.3 Å². The first kappa shape index (κ1) is 13.4. The highest BCUT2D eigenvalue weighted by atomic mass is 79.9. The quantitative estimate of drug-likeness (QED) is 0.747. The highest BCUT2D eigenvalue weighted by Gasteiger charge is 2.14. The molecular formula is C14H19BrO. The summed E-state index contributed by atoms with van der Waals surface area (Å²) in [4.78, 5) is 10.8. The summed E-state index contributed by atoms with van der Waals surface area (Å²) in [5.41, 5.74) is 3.78. The van der Waals surface area contributed by atoms with Crippen LogP contribution in [-0.4, -0.2) is 6.29 Å². The standard InChI is InChI=1S/C14H19BrO/c1-9(2)13-7-11(15)8-14(10(3)4)12(13)5-6-16/h6-10H,5H2,1-4H3. The number of carbonyl (C=O) groups excluding carboxylic acids is 1. The molecule has 1 aromatic rings. The molecule has 1 rings (SSSR count).